The Bertz CT molecular complexity index is 1750. The second-order valence-corrected chi connectivity index (χ2v) is 12.0. The highest BCUT2D eigenvalue weighted by atomic mass is 16.5. The van der Waals surface area contributed by atoms with Crippen LogP contribution in [0.1, 0.15) is 47.4 Å². The molecule has 0 spiro atoms. The highest BCUT2D eigenvalue weighted by Crippen LogP contribution is 2.61. The van der Waals surface area contributed by atoms with Gasteiger partial charge in [0.15, 0.2) is 0 Å². The molecule has 2 saturated heterocycles. The Hall–Kier alpha value is -5.24. The van der Waals surface area contributed by atoms with Gasteiger partial charge >= 0.3 is 5.97 Å². The number of imide groups is 1. The second kappa shape index (κ2) is 10.4. The van der Waals surface area contributed by atoms with Crippen LogP contribution in [0.5, 0.6) is 11.5 Å². The van der Waals surface area contributed by atoms with Crippen molar-refractivity contribution in [3.05, 3.63) is 119 Å². The SMILES string of the molecule is CCOc1ccc(N2C[C@H](C(=O)Oc3ccc(N4C(=O)[C@@H]5C6c7ccccc7C(c7ccccc76)[C@@H]5C4=O)cc3)CC2=O)cc1. The fraction of sp³-hybridized carbons (Fsp3) is 0.243. The van der Waals surface area contributed by atoms with E-state index in [1.165, 1.54) is 4.90 Å². The van der Waals surface area contributed by atoms with Gasteiger partial charge in [-0.25, -0.2) is 4.90 Å². The molecular weight excluding hydrogens is 568 g/mol. The average Bonchev–Trinajstić information content (AvgIpc) is 3.59. The van der Waals surface area contributed by atoms with Crippen LogP contribution in [0, 0.1) is 17.8 Å². The molecule has 0 unspecified atom stereocenters. The molecule has 3 aliphatic carbocycles. The lowest BCUT2D eigenvalue weighted by Crippen LogP contribution is -2.41. The molecule has 4 aromatic carbocycles. The maximum absolute atomic E-state index is 14.0. The zero-order valence-electron chi connectivity index (χ0n) is 24.6. The maximum atomic E-state index is 14.0. The number of hydrogen-bond donors (Lipinski definition) is 0. The van der Waals surface area contributed by atoms with Gasteiger partial charge in [-0.05, 0) is 77.7 Å². The maximum Gasteiger partial charge on any atom is 0.316 e. The van der Waals surface area contributed by atoms with Crippen LogP contribution < -0.4 is 19.3 Å². The molecule has 9 rings (SSSR count). The van der Waals surface area contributed by atoms with E-state index in [1.54, 1.807) is 53.4 Å². The largest absolute Gasteiger partial charge is 0.494 e. The summed E-state index contributed by atoms with van der Waals surface area (Å²) in [5.74, 6) is -1.97. The van der Waals surface area contributed by atoms with Crippen molar-refractivity contribution >= 4 is 35.1 Å². The summed E-state index contributed by atoms with van der Waals surface area (Å²) in [6.07, 6.45) is 0.0524. The number of rotatable bonds is 6. The molecule has 0 N–H and O–H groups in total. The van der Waals surface area contributed by atoms with E-state index in [9.17, 15) is 19.2 Å². The molecule has 2 aliphatic heterocycles. The molecule has 45 heavy (non-hydrogen) atoms. The van der Waals surface area contributed by atoms with E-state index in [0.717, 1.165) is 22.3 Å². The molecule has 3 amide bonds. The predicted octanol–water partition coefficient (Wildman–Crippen LogP) is 5.44. The summed E-state index contributed by atoms with van der Waals surface area (Å²) >= 11 is 0. The van der Waals surface area contributed by atoms with Gasteiger partial charge in [-0.15, -0.1) is 0 Å². The van der Waals surface area contributed by atoms with Gasteiger partial charge in [0.1, 0.15) is 11.5 Å². The van der Waals surface area contributed by atoms with Crippen LogP contribution in [0.3, 0.4) is 0 Å². The highest BCUT2D eigenvalue weighted by molar-refractivity contribution is 6.23. The zero-order valence-corrected chi connectivity index (χ0v) is 24.6. The van der Waals surface area contributed by atoms with Gasteiger partial charge in [-0.3, -0.25) is 19.2 Å². The average molecular weight is 599 g/mol. The van der Waals surface area contributed by atoms with Crippen molar-refractivity contribution in [3.63, 3.8) is 0 Å². The third-order valence-corrected chi connectivity index (χ3v) is 9.68. The summed E-state index contributed by atoms with van der Waals surface area (Å²) in [4.78, 5) is 56.7. The van der Waals surface area contributed by atoms with Crippen molar-refractivity contribution in [2.45, 2.75) is 25.2 Å². The molecular formula is C37H30N2O6. The number of esters is 1. The minimum atomic E-state index is -0.618. The van der Waals surface area contributed by atoms with Crippen LogP contribution >= 0.6 is 0 Å². The Kier molecular flexibility index (Phi) is 6.34. The summed E-state index contributed by atoms with van der Waals surface area (Å²) < 4.78 is 11.1. The van der Waals surface area contributed by atoms with Crippen molar-refractivity contribution in [2.24, 2.45) is 17.8 Å². The summed E-state index contributed by atoms with van der Waals surface area (Å²) in [5.41, 5.74) is 5.64. The topological polar surface area (TPSA) is 93.2 Å². The Morgan fingerprint density at radius 2 is 1.18 bits per heavy atom. The molecule has 3 atom stereocenters. The zero-order chi connectivity index (χ0) is 30.8. The third-order valence-electron chi connectivity index (χ3n) is 9.68. The van der Waals surface area contributed by atoms with Crippen LogP contribution in [0.2, 0.25) is 0 Å². The number of benzene rings is 4. The van der Waals surface area contributed by atoms with E-state index in [1.807, 2.05) is 31.2 Å². The smallest absolute Gasteiger partial charge is 0.316 e. The molecule has 8 nitrogen and oxygen atoms in total. The molecule has 2 bridgehead atoms. The van der Waals surface area contributed by atoms with Crippen molar-refractivity contribution in [1.29, 1.82) is 0 Å². The van der Waals surface area contributed by atoms with E-state index in [-0.39, 0.29) is 48.3 Å². The summed E-state index contributed by atoms with van der Waals surface area (Å²) in [7, 11) is 0. The van der Waals surface area contributed by atoms with E-state index >= 15 is 0 Å². The molecule has 4 aromatic rings. The van der Waals surface area contributed by atoms with Crippen LogP contribution in [-0.2, 0) is 19.2 Å². The molecule has 0 radical (unpaired) electrons. The Morgan fingerprint density at radius 3 is 1.69 bits per heavy atom. The first-order chi connectivity index (χ1) is 21.9. The predicted molar refractivity (Wildman–Crippen MR) is 166 cm³/mol. The number of anilines is 2. The first kappa shape index (κ1) is 27.3. The first-order valence-corrected chi connectivity index (χ1v) is 15.3. The number of amides is 3. The summed E-state index contributed by atoms with van der Waals surface area (Å²) in [6, 6.07) is 30.0. The Morgan fingerprint density at radius 1 is 0.689 bits per heavy atom. The van der Waals surface area contributed by atoms with Gasteiger partial charge in [0.05, 0.1) is 30.0 Å². The standard InChI is InChI=1S/C37H30N2O6/c1-2-44-24-15-11-22(12-16-24)38-20-21(19-30(38)40)37(43)45-25-17-13-23(14-18-25)39-35(41)33-31-26-7-3-4-8-27(26)32(34(33)36(39)42)29-10-6-5-9-28(29)31/h3-18,21,31-34H,2,19-20H2,1H3/t21-,31?,32?,33-,34+/m1/s1. The molecule has 8 heteroatoms. The monoisotopic (exact) mass is 598 g/mol. The lowest BCUT2D eigenvalue weighted by molar-refractivity contribution is -0.139. The van der Waals surface area contributed by atoms with Crippen molar-refractivity contribution in [2.75, 3.05) is 23.0 Å². The molecule has 224 valence electrons. The van der Waals surface area contributed by atoms with Crippen LogP contribution in [-0.4, -0.2) is 36.8 Å². The fourth-order valence-corrected chi connectivity index (χ4v) is 7.80. The van der Waals surface area contributed by atoms with Gasteiger partial charge in [-0.2, -0.15) is 0 Å². The lowest BCUT2D eigenvalue weighted by atomic mass is 9.55. The molecule has 2 heterocycles. The number of hydrogen-bond acceptors (Lipinski definition) is 6. The van der Waals surface area contributed by atoms with Gasteiger partial charge in [0, 0.05) is 30.5 Å². The first-order valence-electron chi connectivity index (χ1n) is 15.3. The van der Waals surface area contributed by atoms with E-state index in [4.69, 9.17) is 9.47 Å². The molecule has 0 aromatic heterocycles. The summed E-state index contributed by atoms with van der Waals surface area (Å²) in [6.45, 7) is 2.67. The van der Waals surface area contributed by atoms with E-state index < -0.39 is 23.7 Å². The van der Waals surface area contributed by atoms with Crippen LogP contribution in [0.25, 0.3) is 0 Å². The second-order valence-electron chi connectivity index (χ2n) is 12.0. The van der Waals surface area contributed by atoms with E-state index in [2.05, 4.69) is 24.3 Å². The summed E-state index contributed by atoms with van der Waals surface area (Å²) in [5, 5.41) is 0. The molecule has 0 saturated carbocycles. The van der Waals surface area contributed by atoms with Gasteiger partial charge in [0.2, 0.25) is 17.7 Å². The Labute approximate surface area is 260 Å². The highest BCUT2D eigenvalue weighted by Gasteiger charge is 2.61. The number of nitrogens with zero attached hydrogens (tertiary/aromatic N) is 2. The normalized spacial score (nSPS) is 24.4. The minimum absolute atomic E-state index is 0.0524. The van der Waals surface area contributed by atoms with Crippen LogP contribution in [0.15, 0.2) is 97.1 Å². The van der Waals surface area contributed by atoms with Crippen molar-refractivity contribution in [3.8, 4) is 11.5 Å². The fourth-order valence-electron chi connectivity index (χ4n) is 7.80. The Balaban J connectivity index is 0.991. The van der Waals surface area contributed by atoms with Gasteiger partial charge in [-0.1, -0.05) is 48.5 Å². The van der Waals surface area contributed by atoms with Crippen molar-refractivity contribution < 1.29 is 28.7 Å². The minimum Gasteiger partial charge on any atom is -0.494 e. The van der Waals surface area contributed by atoms with Crippen molar-refractivity contribution in [1.82, 2.24) is 0 Å². The van der Waals surface area contributed by atoms with Gasteiger partial charge in [0.25, 0.3) is 0 Å². The quantitative estimate of drug-likeness (QED) is 0.167. The van der Waals surface area contributed by atoms with E-state index in [0.29, 0.717) is 23.7 Å². The third kappa shape index (κ3) is 4.19. The van der Waals surface area contributed by atoms with Gasteiger partial charge < -0.3 is 14.4 Å². The van der Waals surface area contributed by atoms with Crippen LogP contribution in [0.4, 0.5) is 11.4 Å². The molecule has 5 aliphatic rings. The number of carbonyl (C=O) groups excluding carboxylic acids is 4. The number of ether oxygens (including phenoxy) is 2. The lowest BCUT2D eigenvalue weighted by Gasteiger charge is -2.45. The number of carbonyl (C=O) groups is 4. The molecule has 2 fully saturated rings.